The van der Waals surface area contributed by atoms with Gasteiger partial charge in [-0.1, -0.05) is 28.1 Å². The van der Waals surface area contributed by atoms with Crippen LogP contribution in [0.2, 0.25) is 0 Å². The molecule has 0 spiro atoms. The van der Waals surface area contributed by atoms with E-state index in [1.165, 1.54) is 23.5 Å². The van der Waals surface area contributed by atoms with Gasteiger partial charge in [0.05, 0.1) is 18.7 Å². The van der Waals surface area contributed by atoms with E-state index in [0.29, 0.717) is 12.1 Å². The number of nitrogens with one attached hydrogen (secondary N) is 1. The maximum Gasteiger partial charge on any atom is 0.305 e. The van der Waals surface area contributed by atoms with Crippen LogP contribution in [0.1, 0.15) is 22.3 Å². The Hall–Kier alpha value is -3.56. The SMILES string of the molecule is O=C(O)CCNC(=O)c1ccc(N(Cc2ccc(Br)cc2)c2nc(-c3ccc(F)cc3)cs2)cc1. The smallest absolute Gasteiger partial charge is 0.305 e. The van der Waals surface area contributed by atoms with Gasteiger partial charge in [-0.25, -0.2) is 9.37 Å². The zero-order valence-corrected chi connectivity index (χ0v) is 20.9. The number of nitrogens with zero attached hydrogens (tertiary/aromatic N) is 2. The summed E-state index contributed by atoms with van der Waals surface area (Å²) in [6, 6.07) is 21.3. The number of carboxylic acid groups (broad SMARTS) is 1. The number of carbonyl (C=O) groups excluding carboxylic acids is 1. The van der Waals surface area contributed by atoms with Crippen LogP contribution in [0.3, 0.4) is 0 Å². The van der Waals surface area contributed by atoms with Crippen LogP contribution in [-0.2, 0) is 11.3 Å². The van der Waals surface area contributed by atoms with Crippen molar-refractivity contribution in [3.8, 4) is 11.3 Å². The van der Waals surface area contributed by atoms with Crippen LogP contribution < -0.4 is 10.2 Å². The van der Waals surface area contributed by atoms with Gasteiger partial charge < -0.3 is 15.3 Å². The Balaban J connectivity index is 1.60. The third-order valence-corrected chi connectivity index (χ3v) is 6.57. The van der Waals surface area contributed by atoms with Crippen molar-refractivity contribution >= 4 is 50.0 Å². The summed E-state index contributed by atoms with van der Waals surface area (Å²) in [6.07, 6.45) is -0.134. The minimum absolute atomic E-state index is 0.0664. The molecule has 6 nitrogen and oxygen atoms in total. The zero-order valence-electron chi connectivity index (χ0n) is 18.4. The number of halogens is 2. The third-order valence-electron chi connectivity index (χ3n) is 5.18. The molecular weight excluding hydrogens is 533 g/mol. The molecule has 178 valence electrons. The van der Waals surface area contributed by atoms with E-state index in [9.17, 15) is 14.0 Å². The maximum atomic E-state index is 13.3. The molecule has 0 saturated carbocycles. The molecular formula is C26H21BrFN3O3S. The van der Waals surface area contributed by atoms with Gasteiger partial charge in [0.2, 0.25) is 0 Å². The van der Waals surface area contributed by atoms with Crippen LogP contribution in [-0.4, -0.2) is 28.5 Å². The van der Waals surface area contributed by atoms with Gasteiger partial charge in [0.25, 0.3) is 5.91 Å². The molecule has 0 aliphatic rings. The van der Waals surface area contributed by atoms with Crippen molar-refractivity contribution in [3.63, 3.8) is 0 Å². The average Bonchev–Trinajstić information content (AvgIpc) is 3.34. The van der Waals surface area contributed by atoms with E-state index in [-0.39, 0.29) is 24.7 Å². The summed E-state index contributed by atoms with van der Waals surface area (Å²) < 4.78 is 14.3. The Morgan fingerprint density at radius 1 is 1.00 bits per heavy atom. The van der Waals surface area contributed by atoms with Crippen molar-refractivity contribution in [2.24, 2.45) is 0 Å². The van der Waals surface area contributed by atoms with Gasteiger partial charge in [0.1, 0.15) is 5.82 Å². The summed E-state index contributed by atoms with van der Waals surface area (Å²) >= 11 is 4.94. The number of amides is 1. The standard InChI is InChI=1S/C26H21BrFN3O3S/c27-20-7-1-17(2-8-20)15-31(26-30-23(16-35-26)18-3-9-21(28)10-4-18)22-11-5-19(6-12-22)25(34)29-14-13-24(32)33/h1-12,16H,13-15H2,(H,29,34)(H,32,33). The maximum absolute atomic E-state index is 13.3. The Morgan fingerprint density at radius 2 is 1.69 bits per heavy atom. The highest BCUT2D eigenvalue weighted by Gasteiger charge is 2.16. The summed E-state index contributed by atoms with van der Waals surface area (Å²) in [7, 11) is 0. The molecule has 0 unspecified atom stereocenters. The van der Waals surface area contributed by atoms with E-state index in [1.54, 1.807) is 24.3 Å². The Labute approximate surface area is 214 Å². The minimum atomic E-state index is -0.965. The topological polar surface area (TPSA) is 82.5 Å². The lowest BCUT2D eigenvalue weighted by Gasteiger charge is -2.22. The molecule has 9 heteroatoms. The Morgan fingerprint density at radius 3 is 2.34 bits per heavy atom. The van der Waals surface area contributed by atoms with Gasteiger partial charge in [0.15, 0.2) is 5.13 Å². The predicted molar refractivity (Wildman–Crippen MR) is 139 cm³/mol. The molecule has 3 aromatic carbocycles. The number of thiazole rings is 1. The van der Waals surface area contributed by atoms with E-state index >= 15 is 0 Å². The summed E-state index contributed by atoms with van der Waals surface area (Å²) in [4.78, 5) is 29.8. The quantitative estimate of drug-likeness (QED) is 0.256. The van der Waals surface area contributed by atoms with Gasteiger partial charge >= 0.3 is 5.97 Å². The average molecular weight is 554 g/mol. The number of hydrogen-bond donors (Lipinski definition) is 2. The zero-order chi connectivity index (χ0) is 24.8. The number of rotatable bonds is 9. The molecule has 0 aliphatic carbocycles. The van der Waals surface area contributed by atoms with Crippen molar-refractivity contribution in [3.05, 3.63) is 99.6 Å². The molecule has 4 rings (SSSR count). The fourth-order valence-corrected chi connectivity index (χ4v) is 4.48. The molecule has 0 radical (unpaired) electrons. The van der Waals surface area contributed by atoms with Crippen LogP contribution in [0.4, 0.5) is 15.2 Å². The molecule has 1 heterocycles. The summed E-state index contributed by atoms with van der Waals surface area (Å²) in [5, 5.41) is 14.0. The number of anilines is 2. The number of benzene rings is 3. The molecule has 2 N–H and O–H groups in total. The fraction of sp³-hybridized carbons (Fsp3) is 0.115. The predicted octanol–water partition coefficient (Wildman–Crippen LogP) is 6.25. The van der Waals surface area contributed by atoms with Crippen molar-refractivity contribution < 1.29 is 19.1 Å². The normalized spacial score (nSPS) is 10.7. The van der Waals surface area contributed by atoms with Crippen molar-refractivity contribution in [1.29, 1.82) is 0 Å². The van der Waals surface area contributed by atoms with Crippen LogP contribution in [0.15, 0.2) is 82.6 Å². The van der Waals surface area contributed by atoms with Crippen LogP contribution in [0.5, 0.6) is 0 Å². The highest BCUT2D eigenvalue weighted by Crippen LogP contribution is 2.34. The summed E-state index contributed by atoms with van der Waals surface area (Å²) in [6.45, 7) is 0.616. The Bertz CT molecular complexity index is 1310. The summed E-state index contributed by atoms with van der Waals surface area (Å²) in [5.41, 5.74) is 3.93. The highest BCUT2D eigenvalue weighted by atomic mass is 79.9. The molecule has 0 fully saturated rings. The molecule has 0 bridgehead atoms. The third kappa shape index (κ3) is 6.52. The molecule has 1 amide bonds. The van der Waals surface area contributed by atoms with Gasteiger partial charge in [-0.2, -0.15) is 0 Å². The first-order chi connectivity index (χ1) is 16.9. The second-order valence-corrected chi connectivity index (χ2v) is 9.43. The van der Waals surface area contributed by atoms with Crippen molar-refractivity contribution in [1.82, 2.24) is 10.3 Å². The van der Waals surface area contributed by atoms with Gasteiger partial charge in [-0.15, -0.1) is 11.3 Å². The van der Waals surface area contributed by atoms with E-state index < -0.39 is 5.97 Å². The van der Waals surface area contributed by atoms with Crippen LogP contribution in [0.25, 0.3) is 11.3 Å². The highest BCUT2D eigenvalue weighted by molar-refractivity contribution is 9.10. The van der Waals surface area contributed by atoms with E-state index in [1.807, 2.05) is 46.7 Å². The van der Waals surface area contributed by atoms with E-state index in [0.717, 1.165) is 32.1 Å². The lowest BCUT2D eigenvalue weighted by atomic mass is 10.1. The van der Waals surface area contributed by atoms with Gasteiger partial charge in [0, 0.05) is 33.2 Å². The van der Waals surface area contributed by atoms with Gasteiger partial charge in [-0.05, 0) is 66.2 Å². The van der Waals surface area contributed by atoms with E-state index in [4.69, 9.17) is 10.1 Å². The molecule has 4 aromatic rings. The second-order valence-electron chi connectivity index (χ2n) is 7.68. The Kier molecular flexibility index (Phi) is 7.89. The monoisotopic (exact) mass is 553 g/mol. The number of aromatic nitrogens is 1. The van der Waals surface area contributed by atoms with Crippen LogP contribution in [0, 0.1) is 5.82 Å². The molecule has 0 saturated heterocycles. The number of carbonyl (C=O) groups is 2. The molecule has 0 atom stereocenters. The van der Waals surface area contributed by atoms with Gasteiger partial charge in [-0.3, -0.25) is 9.59 Å². The fourth-order valence-electron chi connectivity index (χ4n) is 3.36. The summed E-state index contributed by atoms with van der Waals surface area (Å²) in [5.74, 6) is -1.59. The second kappa shape index (κ2) is 11.2. The van der Waals surface area contributed by atoms with Crippen molar-refractivity contribution in [2.45, 2.75) is 13.0 Å². The van der Waals surface area contributed by atoms with E-state index in [2.05, 4.69) is 21.2 Å². The lowest BCUT2D eigenvalue weighted by Crippen LogP contribution is -2.26. The molecule has 0 aliphatic heterocycles. The lowest BCUT2D eigenvalue weighted by molar-refractivity contribution is -0.136. The first kappa shape index (κ1) is 24.6. The first-order valence-electron chi connectivity index (χ1n) is 10.7. The van der Waals surface area contributed by atoms with Crippen LogP contribution >= 0.6 is 27.3 Å². The molecule has 1 aromatic heterocycles. The van der Waals surface area contributed by atoms with Crippen molar-refractivity contribution in [2.75, 3.05) is 11.4 Å². The largest absolute Gasteiger partial charge is 0.481 e. The molecule has 35 heavy (non-hydrogen) atoms. The number of carboxylic acids is 1. The number of hydrogen-bond acceptors (Lipinski definition) is 5. The number of aliphatic carboxylic acids is 1. The minimum Gasteiger partial charge on any atom is -0.481 e. The first-order valence-corrected chi connectivity index (χ1v) is 12.4.